The van der Waals surface area contributed by atoms with Gasteiger partial charge in [0.05, 0.1) is 18.5 Å². The van der Waals surface area contributed by atoms with Gasteiger partial charge in [0.2, 0.25) is 5.95 Å². The molecule has 6 nitrogen and oxygen atoms in total. The number of benzene rings is 2. The van der Waals surface area contributed by atoms with Gasteiger partial charge in [-0.05, 0) is 43.3 Å². The summed E-state index contributed by atoms with van der Waals surface area (Å²) in [5, 5.41) is 6.49. The predicted octanol–water partition coefficient (Wildman–Crippen LogP) is 5.29. The Hall–Kier alpha value is -3.93. The van der Waals surface area contributed by atoms with Crippen molar-refractivity contribution in [3.63, 3.8) is 0 Å². The summed E-state index contributed by atoms with van der Waals surface area (Å²) in [6, 6.07) is 22.9. The Bertz CT molecular complexity index is 1090. The molecule has 0 saturated heterocycles. The van der Waals surface area contributed by atoms with Crippen molar-refractivity contribution in [2.75, 3.05) is 10.6 Å². The molecule has 0 aliphatic rings. The van der Waals surface area contributed by atoms with Gasteiger partial charge >= 0.3 is 0 Å². The summed E-state index contributed by atoms with van der Waals surface area (Å²) in [7, 11) is 0. The molecule has 6 heteroatoms. The first-order valence-corrected chi connectivity index (χ1v) is 9.26. The zero-order chi connectivity index (χ0) is 20.1. The Balaban J connectivity index is 1.62. The van der Waals surface area contributed by atoms with Gasteiger partial charge in [-0.2, -0.15) is 4.98 Å². The molecule has 0 aliphatic carbocycles. The Morgan fingerprint density at radius 1 is 0.966 bits per heavy atom. The molecule has 0 spiro atoms. The third kappa shape index (κ3) is 4.68. The summed E-state index contributed by atoms with van der Waals surface area (Å²) in [5.41, 5.74) is 3.30. The maximum atomic E-state index is 11.5. The standard InChI is InChI=1S/C23H20N4O2/c1-16(28)17-9-11-19(12-10-17)25-22-14-21(18-6-3-2-4-7-18)26-23(27-22)24-15-20-8-5-13-29-20/h2-14H,15H2,1H3,(H2,24,25,26,27). The number of nitrogens with zero attached hydrogens (tertiary/aromatic N) is 2. The summed E-state index contributed by atoms with van der Waals surface area (Å²) in [6.45, 7) is 2.04. The fourth-order valence-electron chi connectivity index (χ4n) is 2.86. The minimum Gasteiger partial charge on any atom is -0.467 e. The molecule has 0 amide bonds. The van der Waals surface area contributed by atoms with E-state index < -0.39 is 0 Å². The molecule has 0 saturated carbocycles. The molecule has 0 atom stereocenters. The van der Waals surface area contributed by atoms with Crippen molar-refractivity contribution in [3.8, 4) is 11.3 Å². The number of nitrogens with one attached hydrogen (secondary N) is 2. The van der Waals surface area contributed by atoms with Gasteiger partial charge in [0.25, 0.3) is 0 Å². The van der Waals surface area contributed by atoms with Crippen LogP contribution in [0.5, 0.6) is 0 Å². The fraction of sp³-hybridized carbons (Fsp3) is 0.0870. The van der Waals surface area contributed by atoms with Gasteiger partial charge in [0.15, 0.2) is 5.78 Å². The lowest BCUT2D eigenvalue weighted by Crippen LogP contribution is -2.06. The molecule has 0 bridgehead atoms. The molecule has 144 valence electrons. The van der Waals surface area contributed by atoms with Crippen LogP contribution in [0.25, 0.3) is 11.3 Å². The summed E-state index contributed by atoms with van der Waals surface area (Å²) in [6.07, 6.45) is 1.63. The normalized spacial score (nSPS) is 10.5. The van der Waals surface area contributed by atoms with E-state index in [0.717, 1.165) is 22.7 Å². The third-order valence-electron chi connectivity index (χ3n) is 4.36. The van der Waals surface area contributed by atoms with Crippen molar-refractivity contribution in [2.45, 2.75) is 13.5 Å². The monoisotopic (exact) mass is 384 g/mol. The smallest absolute Gasteiger partial charge is 0.225 e. The van der Waals surface area contributed by atoms with Gasteiger partial charge in [-0.3, -0.25) is 4.79 Å². The zero-order valence-corrected chi connectivity index (χ0v) is 15.9. The van der Waals surface area contributed by atoms with Crippen LogP contribution in [0.1, 0.15) is 23.0 Å². The molecule has 29 heavy (non-hydrogen) atoms. The highest BCUT2D eigenvalue weighted by molar-refractivity contribution is 5.94. The van der Waals surface area contributed by atoms with E-state index in [9.17, 15) is 4.79 Å². The molecule has 0 unspecified atom stereocenters. The molecular weight excluding hydrogens is 364 g/mol. The molecule has 2 N–H and O–H groups in total. The maximum Gasteiger partial charge on any atom is 0.225 e. The van der Waals surface area contributed by atoms with Crippen LogP contribution in [0.4, 0.5) is 17.5 Å². The Kier molecular flexibility index (Phi) is 5.33. The number of rotatable bonds is 7. The molecule has 4 aromatic rings. The van der Waals surface area contributed by atoms with Gasteiger partial charge in [-0.1, -0.05) is 30.3 Å². The second-order valence-electron chi connectivity index (χ2n) is 6.52. The second kappa shape index (κ2) is 8.39. The Morgan fingerprint density at radius 3 is 2.45 bits per heavy atom. The lowest BCUT2D eigenvalue weighted by molar-refractivity contribution is 0.101. The summed E-state index contributed by atoms with van der Waals surface area (Å²) >= 11 is 0. The number of carbonyl (C=O) groups excluding carboxylic acids is 1. The minimum absolute atomic E-state index is 0.0364. The Morgan fingerprint density at radius 2 is 1.76 bits per heavy atom. The first kappa shape index (κ1) is 18.4. The molecule has 4 rings (SSSR count). The number of hydrogen-bond acceptors (Lipinski definition) is 6. The molecular formula is C23H20N4O2. The average molecular weight is 384 g/mol. The van der Waals surface area contributed by atoms with Gasteiger partial charge in [0.1, 0.15) is 11.6 Å². The van der Waals surface area contributed by atoms with Crippen LogP contribution < -0.4 is 10.6 Å². The second-order valence-corrected chi connectivity index (χ2v) is 6.52. The minimum atomic E-state index is 0.0364. The largest absolute Gasteiger partial charge is 0.467 e. The first-order valence-electron chi connectivity index (χ1n) is 9.26. The van der Waals surface area contributed by atoms with Crippen molar-refractivity contribution >= 4 is 23.2 Å². The van der Waals surface area contributed by atoms with E-state index >= 15 is 0 Å². The fourth-order valence-corrected chi connectivity index (χ4v) is 2.86. The summed E-state index contributed by atoms with van der Waals surface area (Å²) < 4.78 is 5.37. The highest BCUT2D eigenvalue weighted by atomic mass is 16.3. The van der Waals surface area contributed by atoms with Crippen LogP contribution in [-0.4, -0.2) is 15.8 Å². The van der Waals surface area contributed by atoms with Gasteiger partial charge in [-0.25, -0.2) is 4.98 Å². The molecule has 2 heterocycles. The van der Waals surface area contributed by atoms with Crippen LogP contribution in [0, 0.1) is 0 Å². The zero-order valence-electron chi connectivity index (χ0n) is 15.9. The van der Waals surface area contributed by atoms with Crippen LogP contribution in [0.15, 0.2) is 83.5 Å². The lowest BCUT2D eigenvalue weighted by atomic mass is 10.1. The van der Waals surface area contributed by atoms with Gasteiger partial charge in [-0.15, -0.1) is 0 Å². The van der Waals surface area contributed by atoms with Gasteiger partial charge < -0.3 is 15.1 Å². The highest BCUT2D eigenvalue weighted by Gasteiger charge is 2.08. The van der Waals surface area contributed by atoms with E-state index in [4.69, 9.17) is 4.42 Å². The van der Waals surface area contributed by atoms with Crippen molar-refractivity contribution in [3.05, 3.63) is 90.4 Å². The molecule has 2 aromatic heterocycles. The third-order valence-corrected chi connectivity index (χ3v) is 4.36. The quantitative estimate of drug-likeness (QED) is 0.421. The molecule has 0 aliphatic heterocycles. The van der Waals surface area contributed by atoms with Crippen molar-refractivity contribution in [1.29, 1.82) is 0 Å². The number of ketones is 1. The van der Waals surface area contributed by atoms with Crippen molar-refractivity contribution in [2.24, 2.45) is 0 Å². The van der Waals surface area contributed by atoms with Crippen molar-refractivity contribution in [1.82, 2.24) is 9.97 Å². The van der Waals surface area contributed by atoms with E-state index in [1.165, 1.54) is 0 Å². The Labute approximate surface area is 168 Å². The van der Waals surface area contributed by atoms with Crippen molar-refractivity contribution < 1.29 is 9.21 Å². The predicted molar refractivity (Wildman–Crippen MR) is 113 cm³/mol. The number of anilines is 3. The van der Waals surface area contributed by atoms with E-state index in [0.29, 0.717) is 23.9 Å². The maximum absolute atomic E-state index is 11.5. The van der Waals surface area contributed by atoms with Crippen LogP contribution in [-0.2, 0) is 6.54 Å². The van der Waals surface area contributed by atoms with E-state index in [1.807, 2.05) is 60.7 Å². The van der Waals surface area contributed by atoms with Crippen LogP contribution in [0.3, 0.4) is 0 Å². The van der Waals surface area contributed by atoms with E-state index in [1.54, 1.807) is 25.3 Å². The highest BCUT2D eigenvalue weighted by Crippen LogP contribution is 2.24. The lowest BCUT2D eigenvalue weighted by Gasteiger charge is -2.11. The summed E-state index contributed by atoms with van der Waals surface area (Å²) in [5.74, 6) is 1.98. The number of hydrogen-bond donors (Lipinski definition) is 2. The average Bonchev–Trinajstić information content (AvgIpc) is 3.27. The number of Topliss-reactive ketones (excluding diaryl/α,β-unsaturated/α-hetero) is 1. The van der Waals surface area contributed by atoms with E-state index in [-0.39, 0.29) is 5.78 Å². The number of aromatic nitrogens is 2. The van der Waals surface area contributed by atoms with Crippen LogP contribution >= 0.6 is 0 Å². The summed E-state index contributed by atoms with van der Waals surface area (Å²) in [4.78, 5) is 20.7. The SMILES string of the molecule is CC(=O)c1ccc(Nc2cc(-c3ccccc3)nc(NCc3ccco3)n2)cc1. The number of furan rings is 1. The first-order chi connectivity index (χ1) is 14.2. The van der Waals surface area contributed by atoms with Crippen LogP contribution in [0.2, 0.25) is 0 Å². The molecule has 2 aromatic carbocycles. The number of carbonyl (C=O) groups is 1. The van der Waals surface area contributed by atoms with E-state index in [2.05, 4.69) is 20.6 Å². The molecule has 0 radical (unpaired) electrons. The topological polar surface area (TPSA) is 80.0 Å². The van der Waals surface area contributed by atoms with Gasteiger partial charge in [0, 0.05) is 22.9 Å². The molecule has 0 fully saturated rings.